The third-order valence-corrected chi connectivity index (χ3v) is 3.22. The summed E-state index contributed by atoms with van der Waals surface area (Å²) in [5.41, 5.74) is 1.33. The molecule has 2 aromatic rings. The summed E-state index contributed by atoms with van der Waals surface area (Å²) in [6.07, 6.45) is 0. The zero-order valence-electron chi connectivity index (χ0n) is 10.2. The monoisotopic (exact) mass is 247 g/mol. The minimum absolute atomic E-state index is 0.894. The molecule has 0 amide bonds. The van der Waals surface area contributed by atoms with Gasteiger partial charge in [0.25, 0.3) is 0 Å². The van der Waals surface area contributed by atoms with Crippen LogP contribution in [0.2, 0.25) is 0 Å². The van der Waals surface area contributed by atoms with E-state index < -0.39 is 0 Å². The molecular formula is C13H17N3S. The van der Waals surface area contributed by atoms with Gasteiger partial charge >= 0.3 is 0 Å². The average molecular weight is 247 g/mol. The zero-order valence-corrected chi connectivity index (χ0v) is 11.0. The molecule has 0 fully saturated rings. The lowest BCUT2D eigenvalue weighted by Gasteiger charge is -2.18. The van der Waals surface area contributed by atoms with E-state index in [2.05, 4.69) is 46.0 Å². The van der Waals surface area contributed by atoms with Gasteiger partial charge in [0, 0.05) is 20.1 Å². The zero-order chi connectivity index (χ0) is 12.1. The van der Waals surface area contributed by atoms with E-state index in [0.717, 1.165) is 24.7 Å². The summed E-state index contributed by atoms with van der Waals surface area (Å²) in [5, 5.41) is 7.50. The molecule has 0 saturated carbocycles. The molecule has 0 aliphatic heterocycles. The van der Waals surface area contributed by atoms with Crippen molar-refractivity contribution in [2.75, 3.05) is 23.8 Å². The minimum atomic E-state index is 0.894. The smallest absolute Gasteiger partial charge is 0.130 e. The molecule has 0 aliphatic rings. The molecule has 0 unspecified atom stereocenters. The second kappa shape index (κ2) is 5.68. The summed E-state index contributed by atoms with van der Waals surface area (Å²) < 4.78 is 0. The van der Waals surface area contributed by atoms with Crippen molar-refractivity contribution in [2.45, 2.75) is 13.5 Å². The first-order chi connectivity index (χ1) is 8.29. The van der Waals surface area contributed by atoms with E-state index in [0.29, 0.717) is 0 Å². The number of aromatic nitrogens is 1. The fraction of sp³-hybridized carbons (Fsp3) is 0.308. The molecule has 0 saturated heterocycles. The van der Waals surface area contributed by atoms with Crippen LogP contribution < -0.4 is 10.2 Å². The Labute approximate surface area is 106 Å². The van der Waals surface area contributed by atoms with E-state index in [4.69, 9.17) is 0 Å². The first kappa shape index (κ1) is 11.9. The highest BCUT2D eigenvalue weighted by atomic mass is 32.1. The highest BCUT2D eigenvalue weighted by Gasteiger charge is 2.04. The van der Waals surface area contributed by atoms with Gasteiger partial charge in [-0.15, -0.1) is 0 Å². The van der Waals surface area contributed by atoms with Gasteiger partial charge in [-0.25, -0.2) is 4.98 Å². The quantitative estimate of drug-likeness (QED) is 0.879. The SMILES string of the molecule is CCNc1cccc(N(C)Cc2ccsc2)n1. The molecule has 0 aliphatic carbocycles. The first-order valence-electron chi connectivity index (χ1n) is 5.72. The van der Waals surface area contributed by atoms with Crippen LogP contribution in [0.4, 0.5) is 11.6 Å². The van der Waals surface area contributed by atoms with Crippen molar-refractivity contribution in [2.24, 2.45) is 0 Å². The number of rotatable bonds is 5. The predicted octanol–water partition coefficient (Wildman–Crippen LogP) is 3.21. The van der Waals surface area contributed by atoms with Gasteiger partial charge in [-0.1, -0.05) is 6.07 Å². The van der Waals surface area contributed by atoms with E-state index in [1.54, 1.807) is 11.3 Å². The van der Waals surface area contributed by atoms with Crippen LogP contribution in [0.15, 0.2) is 35.0 Å². The van der Waals surface area contributed by atoms with Gasteiger partial charge in [-0.05, 0) is 41.4 Å². The standard InChI is InChI=1S/C13H17N3S/c1-3-14-12-5-4-6-13(15-12)16(2)9-11-7-8-17-10-11/h4-8,10H,3,9H2,1-2H3,(H,14,15). The number of nitrogens with zero attached hydrogens (tertiary/aromatic N) is 2. The molecule has 90 valence electrons. The van der Waals surface area contributed by atoms with Crippen LogP contribution in [0.25, 0.3) is 0 Å². The summed E-state index contributed by atoms with van der Waals surface area (Å²) in [6.45, 7) is 3.86. The molecule has 0 bridgehead atoms. The van der Waals surface area contributed by atoms with Crippen LogP contribution in [0.1, 0.15) is 12.5 Å². The molecule has 0 radical (unpaired) electrons. The lowest BCUT2D eigenvalue weighted by atomic mass is 10.3. The maximum absolute atomic E-state index is 4.56. The fourth-order valence-corrected chi connectivity index (χ4v) is 2.31. The molecule has 0 aromatic carbocycles. The second-order valence-corrected chi connectivity index (χ2v) is 4.68. The second-order valence-electron chi connectivity index (χ2n) is 3.90. The molecular weight excluding hydrogens is 230 g/mol. The number of anilines is 2. The van der Waals surface area contributed by atoms with Gasteiger partial charge in [0.2, 0.25) is 0 Å². The maximum atomic E-state index is 4.56. The summed E-state index contributed by atoms with van der Waals surface area (Å²) in [7, 11) is 2.07. The Morgan fingerprint density at radius 2 is 2.24 bits per heavy atom. The number of hydrogen-bond acceptors (Lipinski definition) is 4. The third kappa shape index (κ3) is 3.20. The number of nitrogens with one attached hydrogen (secondary N) is 1. The molecule has 2 aromatic heterocycles. The molecule has 0 atom stereocenters. The number of thiophene rings is 1. The normalized spacial score (nSPS) is 10.2. The van der Waals surface area contributed by atoms with Crippen molar-refractivity contribution in [3.8, 4) is 0 Å². The minimum Gasteiger partial charge on any atom is -0.370 e. The Hall–Kier alpha value is -1.55. The molecule has 3 nitrogen and oxygen atoms in total. The lowest BCUT2D eigenvalue weighted by Crippen LogP contribution is -2.17. The van der Waals surface area contributed by atoms with E-state index in [1.165, 1.54) is 5.56 Å². The summed E-state index contributed by atoms with van der Waals surface area (Å²) in [4.78, 5) is 6.72. The molecule has 4 heteroatoms. The van der Waals surface area contributed by atoms with Crippen LogP contribution in [0.5, 0.6) is 0 Å². The van der Waals surface area contributed by atoms with Crippen molar-refractivity contribution < 1.29 is 0 Å². The average Bonchev–Trinajstić information content (AvgIpc) is 2.83. The van der Waals surface area contributed by atoms with Crippen LogP contribution in [-0.2, 0) is 6.54 Å². The van der Waals surface area contributed by atoms with Crippen molar-refractivity contribution in [1.29, 1.82) is 0 Å². The molecule has 17 heavy (non-hydrogen) atoms. The van der Waals surface area contributed by atoms with Crippen molar-refractivity contribution >= 4 is 23.0 Å². The van der Waals surface area contributed by atoms with Crippen LogP contribution in [0.3, 0.4) is 0 Å². The van der Waals surface area contributed by atoms with Crippen LogP contribution >= 0.6 is 11.3 Å². The van der Waals surface area contributed by atoms with E-state index in [9.17, 15) is 0 Å². The van der Waals surface area contributed by atoms with E-state index in [-0.39, 0.29) is 0 Å². The van der Waals surface area contributed by atoms with Gasteiger partial charge in [0.1, 0.15) is 11.6 Å². The summed E-state index contributed by atoms with van der Waals surface area (Å²) in [5.74, 6) is 1.93. The highest BCUT2D eigenvalue weighted by molar-refractivity contribution is 7.07. The summed E-state index contributed by atoms with van der Waals surface area (Å²) >= 11 is 1.73. The Kier molecular flexibility index (Phi) is 3.98. The van der Waals surface area contributed by atoms with Gasteiger partial charge in [-0.3, -0.25) is 0 Å². The van der Waals surface area contributed by atoms with Crippen LogP contribution in [-0.4, -0.2) is 18.6 Å². The summed E-state index contributed by atoms with van der Waals surface area (Å²) in [6, 6.07) is 8.21. The number of pyridine rings is 1. The topological polar surface area (TPSA) is 28.2 Å². The van der Waals surface area contributed by atoms with Crippen molar-refractivity contribution in [3.63, 3.8) is 0 Å². The third-order valence-electron chi connectivity index (χ3n) is 2.48. The Bertz CT molecular complexity index is 453. The van der Waals surface area contributed by atoms with Gasteiger partial charge in [-0.2, -0.15) is 11.3 Å². The number of hydrogen-bond donors (Lipinski definition) is 1. The van der Waals surface area contributed by atoms with Crippen molar-refractivity contribution in [3.05, 3.63) is 40.6 Å². The fourth-order valence-electron chi connectivity index (χ4n) is 1.65. The Morgan fingerprint density at radius 3 is 2.94 bits per heavy atom. The molecule has 1 N–H and O–H groups in total. The van der Waals surface area contributed by atoms with Crippen molar-refractivity contribution in [1.82, 2.24) is 4.98 Å². The van der Waals surface area contributed by atoms with E-state index >= 15 is 0 Å². The highest BCUT2D eigenvalue weighted by Crippen LogP contribution is 2.16. The Morgan fingerprint density at radius 1 is 1.35 bits per heavy atom. The first-order valence-corrected chi connectivity index (χ1v) is 6.67. The van der Waals surface area contributed by atoms with Gasteiger partial charge in [0.15, 0.2) is 0 Å². The molecule has 2 rings (SSSR count). The lowest BCUT2D eigenvalue weighted by molar-refractivity contribution is 0.901. The predicted molar refractivity (Wildman–Crippen MR) is 74.8 cm³/mol. The Balaban J connectivity index is 2.07. The van der Waals surface area contributed by atoms with Crippen LogP contribution in [0, 0.1) is 0 Å². The molecule has 0 spiro atoms. The maximum Gasteiger partial charge on any atom is 0.130 e. The largest absolute Gasteiger partial charge is 0.370 e. The van der Waals surface area contributed by atoms with Gasteiger partial charge < -0.3 is 10.2 Å². The van der Waals surface area contributed by atoms with Gasteiger partial charge in [0.05, 0.1) is 0 Å². The van der Waals surface area contributed by atoms with E-state index in [1.807, 2.05) is 18.2 Å². The molecule has 2 heterocycles.